The van der Waals surface area contributed by atoms with Crippen LogP contribution in [0.15, 0.2) is 54.6 Å². The van der Waals surface area contributed by atoms with Crippen molar-refractivity contribution in [2.75, 3.05) is 18.8 Å². The molecule has 9 heteroatoms. The number of thiol groups is 1. The van der Waals surface area contributed by atoms with E-state index in [0.29, 0.717) is 24.2 Å². The minimum Gasteiger partial charge on any atom is -0.352 e. The van der Waals surface area contributed by atoms with E-state index in [-0.39, 0.29) is 16.8 Å². The number of carbonyl (C=O) groups excluding carboxylic acids is 1. The normalized spacial score (nSPS) is 19.0. The smallest absolute Gasteiger partial charge is 0.257 e. The zero-order valence-electron chi connectivity index (χ0n) is 16.8. The molecule has 0 spiro atoms. The number of carbonyl (C=O) groups is 1. The average Bonchev–Trinajstić information content (AvgIpc) is 2.92. The van der Waals surface area contributed by atoms with E-state index < -0.39 is 21.7 Å². The minimum absolute atomic E-state index is 0.0380. The van der Waals surface area contributed by atoms with E-state index >= 15 is 0 Å². The van der Waals surface area contributed by atoms with Gasteiger partial charge in [-0.2, -0.15) is 0 Å². The van der Waals surface area contributed by atoms with Crippen molar-refractivity contribution < 1.29 is 13.4 Å². The fourth-order valence-corrected chi connectivity index (χ4v) is 6.36. The average molecular weight is 451 g/mol. The lowest BCUT2D eigenvalue weighted by Crippen LogP contribution is -2.58. The molecule has 2 aromatic carbocycles. The monoisotopic (exact) mass is 450 g/mol. The summed E-state index contributed by atoms with van der Waals surface area (Å²) in [6, 6.07) is 15.0. The summed E-state index contributed by atoms with van der Waals surface area (Å²) in [7, 11) is -3.01. The highest BCUT2D eigenvalue weighted by molar-refractivity contribution is 7.99. The second-order valence-corrected chi connectivity index (χ2v) is 10.3. The number of amides is 1. The van der Waals surface area contributed by atoms with Crippen LogP contribution in [0.5, 0.6) is 0 Å². The zero-order chi connectivity index (χ0) is 21.6. The first-order valence-electron chi connectivity index (χ1n) is 9.84. The van der Waals surface area contributed by atoms with E-state index in [9.17, 15) is 13.4 Å². The van der Waals surface area contributed by atoms with Crippen LogP contribution in [0, 0.1) is 5.82 Å². The van der Waals surface area contributed by atoms with Crippen molar-refractivity contribution in [1.29, 1.82) is 0 Å². The van der Waals surface area contributed by atoms with Gasteiger partial charge in [0.05, 0.1) is 11.3 Å². The lowest BCUT2D eigenvalue weighted by molar-refractivity contribution is 0.0976. The van der Waals surface area contributed by atoms with Crippen LogP contribution in [0.3, 0.4) is 0 Å². The molecule has 0 aliphatic carbocycles. The van der Waals surface area contributed by atoms with Crippen LogP contribution in [0.2, 0.25) is 0 Å². The van der Waals surface area contributed by atoms with Crippen LogP contribution in [0.4, 0.5) is 4.39 Å². The molecule has 4 N–H and O–H groups in total. The molecule has 1 saturated heterocycles. The summed E-state index contributed by atoms with van der Waals surface area (Å²) in [6.07, 6.45) is 1.82. The lowest BCUT2D eigenvalue weighted by atomic mass is 9.93. The topological polar surface area (TPSA) is 82.3 Å². The molecule has 1 aliphatic rings. The molecular formula is C21H27FN4O2S2. The number of nitrogens with one attached hydrogen (secondary N) is 4. The molecule has 0 unspecified atom stereocenters. The Hall–Kier alpha value is -2.20. The molecule has 0 bridgehead atoms. The molecule has 30 heavy (non-hydrogen) atoms. The molecule has 0 aromatic heterocycles. The first-order chi connectivity index (χ1) is 14.3. The molecule has 0 saturated carbocycles. The van der Waals surface area contributed by atoms with Crippen LogP contribution < -0.4 is 20.1 Å². The third kappa shape index (κ3) is 5.69. The first-order valence-corrected chi connectivity index (χ1v) is 12.1. The van der Waals surface area contributed by atoms with Crippen LogP contribution in [-0.2, 0) is 15.8 Å². The summed E-state index contributed by atoms with van der Waals surface area (Å²) in [5.41, 5.74) is -0.342. The Balaban J connectivity index is 1.84. The first kappa shape index (κ1) is 22.5. The standard InChI is InChI=1S/C21H27FN4O2S2/c1-21(17-11-5-6-12-18(17)22,15-30(28)23-13-7-8-14-24-30)26-20(29)25-19(27)16-9-3-2-4-10-16/h2-6,9-12,30H,7-8,13-15H2,1H3,(H2,23,24,28)(H2,25,26,27,29)/t21-/m0/s1. The Kier molecular flexibility index (Phi) is 7.30. The predicted molar refractivity (Wildman–Crippen MR) is 123 cm³/mol. The molecule has 1 fully saturated rings. The number of halogens is 1. The predicted octanol–water partition coefficient (Wildman–Crippen LogP) is 2.17. The van der Waals surface area contributed by atoms with Gasteiger partial charge in [0.2, 0.25) is 0 Å². The van der Waals surface area contributed by atoms with Gasteiger partial charge in [-0.15, -0.1) is 0 Å². The highest BCUT2D eigenvalue weighted by Crippen LogP contribution is 2.27. The molecule has 2 aromatic rings. The van der Waals surface area contributed by atoms with Crippen LogP contribution >= 0.6 is 12.2 Å². The summed E-state index contributed by atoms with van der Waals surface area (Å²) < 4.78 is 34.4. The van der Waals surface area contributed by atoms with Crippen molar-refractivity contribution in [2.24, 2.45) is 0 Å². The van der Waals surface area contributed by atoms with Crippen molar-refractivity contribution in [2.45, 2.75) is 25.3 Å². The molecule has 0 radical (unpaired) electrons. The van der Waals surface area contributed by atoms with Gasteiger partial charge < -0.3 is 5.32 Å². The quantitative estimate of drug-likeness (QED) is 0.357. The lowest BCUT2D eigenvalue weighted by Gasteiger charge is -2.38. The number of hydrogen-bond donors (Lipinski definition) is 5. The van der Waals surface area contributed by atoms with E-state index in [1.807, 2.05) is 6.07 Å². The Bertz CT molecular complexity index is 945. The molecule has 3 rings (SSSR count). The van der Waals surface area contributed by atoms with E-state index in [4.69, 9.17) is 12.2 Å². The Morgan fingerprint density at radius 3 is 2.33 bits per heavy atom. The zero-order valence-corrected chi connectivity index (χ0v) is 18.5. The SMILES string of the molecule is C[C@@](C[SH]1(=O)NCCCCN1)(NC(=S)NC(=O)c1ccccc1)c1ccccc1F. The van der Waals surface area contributed by atoms with E-state index in [1.165, 1.54) is 6.07 Å². The van der Waals surface area contributed by atoms with E-state index in [0.717, 1.165) is 12.8 Å². The van der Waals surface area contributed by atoms with Crippen LogP contribution in [-0.4, -0.2) is 34.1 Å². The maximum Gasteiger partial charge on any atom is 0.257 e. The van der Waals surface area contributed by atoms with Gasteiger partial charge in [-0.3, -0.25) is 14.3 Å². The highest BCUT2D eigenvalue weighted by atomic mass is 32.3. The van der Waals surface area contributed by atoms with Gasteiger partial charge in [-0.25, -0.2) is 13.8 Å². The maximum absolute atomic E-state index is 14.7. The van der Waals surface area contributed by atoms with Crippen molar-refractivity contribution in [3.8, 4) is 0 Å². The van der Waals surface area contributed by atoms with Gasteiger partial charge in [0, 0.05) is 24.2 Å². The van der Waals surface area contributed by atoms with Crippen LogP contribution in [0.1, 0.15) is 35.7 Å². The largest absolute Gasteiger partial charge is 0.352 e. The summed E-state index contributed by atoms with van der Waals surface area (Å²) in [5, 5.41) is 5.72. The van der Waals surface area contributed by atoms with Gasteiger partial charge in [0.15, 0.2) is 5.11 Å². The minimum atomic E-state index is -3.01. The molecule has 1 heterocycles. The fraction of sp³-hybridized carbons (Fsp3) is 0.333. The van der Waals surface area contributed by atoms with Crippen LogP contribution in [0.25, 0.3) is 0 Å². The summed E-state index contributed by atoms with van der Waals surface area (Å²) in [6.45, 7) is 2.97. The molecule has 1 aliphatic heterocycles. The highest BCUT2D eigenvalue weighted by Gasteiger charge is 2.36. The van der Waals surface area contributed by atoms with Crippen molar-refractivity contribution in [1.82, 2.24) is 20.1 Å². The molecule has 162 valence electrons. The van der Waals surface area contributed by atoms with Gasteiger partial charge in [-0.05, 0) is 60.5 Å². The second kappa shape index (κ2) is 9.74. The van der Waals surface area contributed by atoms with Crippen molar-refractivity contribution in [3.63, 3.8) is 0 Å². The molecular weight excluding hydrogens is 423 g/mol. The number of hydrogen-bond acceptors (Lipinski definition) is 3. The number of thiocarbonyl (C=S) groups is 1. The van der Waals surface area contributed by atoms with Gasteiger partial charge >= 0.3 is 0 Å². The van der Waals surface area contributed by atoms with Gasteiger partial charge in [0.25, 0.3) is 5.91 Å². The number of rotatable bonds is 5. The third-order valence-corrected chi connectivity index (χ3v) is 7.75. The van der Waals surface area contributed by atoms with Crippen molar-refractivity contribution >= 4 is 33.5 Å². The summed E-state index contributed by atoms with van der Waals surface area (Å²) in [4.78, 5) is 12.5. The third-order valence-electron chi connectivity index (χ3n) is 5.00. The Morgan fingerprint density at radius 1 is 1.10 bits per heavy atom. The second-order valence-electron chi connectivity index (χ2n) is 7.51. The Morgan fingerprint density at radius 2 is 1.70 bits per heavy atom. The van der Waals surface area contributed by atoms with E-state index in [1.54, 1.807) is 49.4 Å². The molecule has 1 atom stereocenters. The fourth-order valence-electron chi connectivity index (χ4n) is 3.53. The van der Waals surface area contributed by atoms with E-state index in [2.05, 4.69) is 20.1 Å². The van der Waals surface area contributed by atoms with Crippen molar-refractivity contribution in [3.05, 3.63) is 71.5 Å². The number of benzene rings is 2. The summed E-state index contributed by atoms with van der Waals surface area (Å²) >= 11 is 5.36. The Labute approximate surface area is 182 Å². The maximum atomic E-state index is 14.7. The molecule has 1 amide bonds. The molecule has 6 nitrogen and oxygen atoms in total. The van der Waals surface area contributed by atoms with Gasteiger partial charge in [0.1, 0.15) is 5.82 Å². The summed E-state index contributed by atoms with van der Waals surface area (Å²) in [5.74, 6) is -0.741. The van der Waals surface area contributed by atoms with Gasteiger partial charge in [-0.1, -0.05) is 36.4 Å².